The Morgan fingerprint density at radius 1 is 0.871 bits per heavy atom. The summed E-state index contributed by atoms with van der Waals surface area (Å²) in [6.07, 6.45) is -6.19. The lowest BCUT2D eigenvalue weighted by Crippen LogP contribution is -2.26. The molecule has 0 unspecified atom stereocenters. The average Bonchev–Trinajstić information content (AvgIpc) is 3.07. The molecule has 0 bridgehead atoms. The predicted molar refractivity (Wildman–Crippen MR) is 97.1 cm³/mol. The molecule has 4 rings (SSSR count). The van der Waals surface area contributed by atoms with Crippen LogP contribution in [0, 0.1) is 5.21 Å². The Balaban J connectivity index is 1.77. The predicted octanol–water partition coefficient (Wildman–Crippen LogP) is 4.81. The van der Waals surface area contributed by atoms with Crippen LogP contribution in [-0.2, 0) is 12.4 Å². The Hall–Kier alpha value is -3.83. The number of rotatable bonds is 3. The van der Waals surface area contributed by atoms with Gasteiger partial charge in [0.05, 0.1) is 5.56 Å². The number of anilines is 2. The van der Waals surface area contributed by atoms with Crippen molar-refractivity contribution in [3.63, 3.8) is 0 Å². The monoisotopic (exact) mass is 439 g/mol. The third-order valence-corrected chi connectivity index (χ3v) is 4.27. The van der Waals surface area contributed by atoms with Crippen molar-refractivity contribution in [3.8, 4) is 11.4 Å². The zero-order chi connectivity index (χ0) is 22.4. The normalized spacial score (nSPS) is 12.3. The Labute approximate surface area is 170 Å². The average molecular weight is 439 g/mol. The number of hydrogen-bond donors (Lipinski definition) is 1. The van der Waals surface area contributed by atoms with Crippen LogP contribution < -0.4 is 10.0 Å². The number of pyridine rings is 1. The standard InChI is InChI=1S/C19H11F6N5O/c20-18(21,22)11-4-6-12(7-5-11)26-14-10-29(31)9-13(27-14)16-17(19(23,24)25)28-15-3-1-2-8-30(15)16/h1-10H,(H,26,27). The molecule has 0 saturated carbocycles. The molecule has 0 aliphatic carbocycles. The Kier molecular flexibility index (Phi) is 4.71. The first kappa shape index (κ1) is 20.4. The maximum Gasteiger partial charge on any atom is 0.435 e. The molecule has 31 heavy (non-hydrogen) atoms. The first-order valence-corrected chi connectivity index (χ1v) is 8.62. The van der Waals surface area contributed by atoms with Gasteiger partial charge in [0.25, 0.3) is 0 Å². The number of alkyl halides is 6. The number of imidazole rings is 1. The molecule has 0 amide bonds. The lowest BCUT2D eigenvalue weighted by atomic mass is 10.2. The highest BCUT2D eigenvalue weighted by Gasteiger charge is 2.39. The molecule has 0 aliphatic heterocycles. The van der Waals surface area contributed by atoms with Gasteiger partial charge in [-0.2, -0.15) is 31.1 Å². The number of hydrogen-bond acceptors (Lipinski definition) is 4. The molecule has 12 heteroatoms. The van der Waals surface area contributed by atoms with Crippen LogP contribution in [0.2, 0.25) is 0 Å². The largest absolute Gasteiger partial charge is 0.619 e. The van der Waals surface area contributed by atoms with Crippen molar-refractivity contribution in [1.29, 1.82) is 0 Å². The van der Waals surface area contributed by atoms with E-state index in [1.54, 1.807) is 0 Å². The topological polar surface area (TPSA) is 69.2 Å². The minimum atomic E-state index is -4.81. The van der Waals surface area contributed by atoms with Gasteiger partial charge in [-0.25, -0.2) is 9.97 Å². The van der Waals surface area contributed by atoms with Gasteiger partial charge >= 0.3 is 12.4 Å². The van der Waals surface area contributed by atoms with Crippen LogP contribution in [0.3, 0.4) is 0 Å². The van der Waals surface area contributed by atoms with Gasteiger partial charge in [-0.3, -0.25) is 4.40 Å². The second-order valence-corrected chi connectivity index (χ2v) is 6.44. The molecule has 3 heterocycles. The van der Waals surface area contributed by atoms with E-state index in [4.69, 9.17) is 0 Å². The van der Waals surface area contributed by atoms with E-state index in [1.807, 2.05) is 0 Å². The lowest BCUT2D eigenvalue weighted by molar-refractivity contribution is -0.604. The van der Waals surface area contributed by atoms with Gasteiger partial charge in [-0.15, -0.1) is 0 Å². The van der Waals surface area contributed by atoms with Gasteiger partial charge in [0.15, 0.2) is 17.2 Å². The molecule has 4 aromatic rings. The van der Waals surface area contributed by atoms with Crippen LogP contribution in [0.15, 0.2) is 61.1 Å². The number of halogens is 6. The second-order valence-electron chi connectivity index (χ2n) is 6.44. The van der Waals surface area contributed by atoms with E-state index in [0.717, 1.165) is 41.1 Å². The summed E-state index contributed by atoms with van der Waals surface area (Å²) in [5.41, 5.74) is -2.70. The molecule has 0 radical (unpaired) electrons. The van der Waals surface area contributed by atoms with Crippen molar-refractivity contribution in [2.45, 2.75) is 12.4 Å². The minimum absolute atomic E-state index is 0.00479. The molecule has 0 atom stereocenters. The summed E-state index contributed by atoms with van der Waals surface area (Å²) in [7, 11) is 0. The van der Waals surface area contributed by atoms with Crippen molar-refractivity contribution in [2.24, 2.45) is 0 Å². The molecule has 1 aromatic carbocycles. The molecule has 1 N–H and O–H groups in total. The highest BCUT2D eigenvalue weighted by atomic mass is 19.4. The smallest absolute Gasteiger partial charge is 0.435 e. The highest BCUT2D eigenvalue weighted by molar-refractivity contribution is 5.66. The maximum atomic E-state index is 13.6. The first-order chi connectivity index (χ1) is 14.5. The number of benzene rings is 1. The summed E-state index contributed by atoms with van der Waals surface area (Å²) in [5, 5.41) is 14.7. The van der Waals surface area contributed by atoms with Crippen LogP contribution in [0.5, 0.6) is 0 Å². The van der Waals surface area contributed by atoms with E-state index in [0.29, 0.717) is 0 Å². The van der Waals surface area contributed by atoms with Crippen molar-refractivity contribution in [2.75, 3.05) is 5.32 Å². The summed E-state index contributed by atoms with van der Waals surface area (Å²) in [6, 6.07) is 8.24. The van der Waals surface area contributed by atoms with E-state index in [-0.39, 0.29) is 27.6 Å². The lowest BCUT2D eigenvalue weighted by Gasteiger charge is -2.11. The number of nitrogens with one attached hydrogen (secondary N) is 1. The van der Waals surface area contributed by atoms with Crippen LogP contribution in [0.25, 0.3) is 17.0 Å². The van der Waals surface area contributed by atoms with Crippen molar-refractivity contribution in [1.82, 2.24) is 14.4 Å². The summed E-state index contributed by atoms with van der Waals surface area (Å²) in [5.74, 6) is -0.161. The molecular formula is C19H11F6N5O. The van der Waals surface area contributed by atoms with Gasteiger partial charge in [0.2, 0.25) is 12.4 Å². The molecular weight excluding hydrogens is 428 g/mol. The van der Waals surface area contributed by atoms with Crippen molar-refractivity contribution in [3.05, 3.63) is 77.5 Å². The van der Waals surface area contributed by atoms with E-state index >= 15 is 0 Å². The summed E-state index contributed by atoms with van der Waals surface area (Å²) in [6.45, 7) is 0. The SMILES string of the molecule is [O-][n+]1cc(Nc2ccc(C(F)(F)F)cc2)nc(-c2c(C(F)(F)F)nc3ccccn23)c1. The summed E-state index contributed by atoms with van der Waals surface area (Å²) < 4.78 is 80.1. The maximum absolute atomic E-state index is 13.6. The van der Waals surface area contributed by atoms with Gasteiger partial charge in [-0.1, -0.05) is 6.07 Å². The summed E-state index contributed by atoms with van der Waals surface area (Å²) >= 11 is 0. The molecule has 3 aromatic heterocycles. The van der Waals surface area contributed by atoms with E-state index in [2.05, 4.69) is 15.3 Å². The van der Waals surface area contributed by atoms with Gasteiger partial charge in [-0.05, 0) is 36.4 Å². The first-order valence-electron chi connectivity index (χ1n) is 8.62. The Morgan fingerprint density at radius 3 is 2.23 bits per heavy atom. The molecule has 6 nitrogen and oxygen atoms in total. The van der Waals surface area contributed by atoms with E-state index in [9.17, 15) is 31.5 Å². The summed E-state index contributed by atoms with van der Waals surface area (Å²) in [4.78, 5) is 7.65. The molecule has 0 saturated heterocycles. The minimum Gasteiger partial charge on any atom is -0.619 e. The quantitative estimate of drug-likeness (QED) is 0.283. The van der Waals surface area contributed by atoms with Crippen LogP contribution >= 0.6 is 0 Å². The third-order valence-electron chi connectivity index (χ3n) is 4.27. The van der Waals surface area contributed by atoms with Crippen LogP contribution in [0.4, 0.5) is 37.8 Å². The number of fused-ring (bicyclic) bond motifs is 1. The highest BCUT2D eigenvalue weighted by Crippen LogP contribution is 2.36. The molecule has 0 fully saturated rings. The fourth-order valence-electron chi connectivity index (χ4n) is 2.97. The van der Waals surface area contributed by atoms with Gasteiger partial charge < -0.3 is 10.5 Å². The fraction of sp³-hybridized carbons (Fsp3) is 0.105. The number of aromatic nitrogens is 4. The van der Waals surface area contributed by atoms with Crippen molar-refractivity contribution < 1.29 is 31.1 Å². The van der Waals surface area contributed by atoms with Crippen LogP contribution in [-0.4, -0.2) is 14.4 Å². The van der Waals surface area contributed by atoms with Crippen molar-refractivity contribution >= 4 is 17.2 Å². The molecule has 0 spiro atoms. The zero-order valence-corrected chi connectivity index (χ0v) is 15.2. The van der Waals surface area contributed by atoms with Gasteiger partial charge in [0.1, 0.15) is 11.3 Å². The van der Waals surface area contributed by atoms with Gasteiger partial charge in [0, 0.05) is 11.9 Å². The molecule has 0 aliphatic rings. The second kappa shape index (κ2) is 7.15. The van der Waals surface area contributed by atoms with E-state index < -0.39 is 29.3 Å². The molecule has 160 valence electrons. The third kappa shape index (κ3) is 4.09. The van der Waals surface area contributed by atoms with Crippen LogP contribution in [0.1, 0.15) is 11.3 Å². The van der Waals surface area contributed by atoms with E-state index in [1.165, 1.54) is 24.4 Å². The Morgan fingerprint density at radius 2 is 1.58 bits per heavy atom. The number of nitrogens with zero attached hydrogens (tertiary/aromatic N) is 4. The fourth-order valence-corrected chi connectivity index (χ4v) is 2.97. The zero-order valence-electron chi connectivity index (χ0n) is 15.2. The Bertz CT molecular complexity index is 1250.